The summed E-state index contributed by atoms with van der Waals surface area (Å²) >= 11 is 1.69. The molecule has 2 amide bonds. The lowest BCUT2D eigenvalue weighted by Crippen LogP contribution is -2.61. The lowest BCUT2D eigenvalue weighted by molar-refractivity contribution is -0.122. The number of anilines is 2. The molecule has 1 aliphatic heterocycles. The summed E-state index contributed by atoms with van der Waals surface area (Å²) < 4.78 is 5.27. The number of amides is 2. The predicted octanol–water partition coefficient (Wildman–Crippen LogP) is 3.33. The van der Waals surface area contributed by atoms with Crippen LogP contribution >= 0.6 is 11.8 Å². The minimum Gasteiger partial charge on any atom is -0.360 e. The van der Waals surface area contributed by atoms with Gasteiger partial charge in [0.05, 0.1) is 17.1 Å². The number of likely N-dealkylation sites (N-methyl/N-ethyl adjacent to an activating group) is 1. The van der Waals surface area contributed by atoms with Crippen LogP contribution in [0.3, 0.4) is 0 Å². The van der Waals surface area contributed by atoms with E-state index >= 15 is 0 Å². The number of hydrogen-bond acceptors (Lipinski definition) is 5. The summed E-state index contributed by atoms with van der Waals surface area (Å²) in [6.07, 6.45) is 0. The van der Waals surface area contributed by atoms with E-state index in [1.165, 1.54) is 4.90 Å². The molecule has 0 aliphatic carbocycles. The van der Waals surface area contributed by atoms with Crippen molar-refractivity contribution in [1.82, 2.24) is 5.16 Å². The Kier molecular flexibility index (Phi) is 4.60. The van der Waals surface area contributed by atoms with Gasteiger partial charge in [-0.05, 0) is 31.7 Å². The Morgan fingerprint density at radius 3 is 2.64 bits per heavy atom. The van der Waals surface area contributed by atoms with Crippen LogP contribution in [0, 0.1) is 0 Å². The average molecular weight is 359 g/mol. The highest BCUT2D eigenvalue weighted by atomic mass is 32.2. The largest absolute Gasteiger partial charge is 0.360 e. The summed E-state index contributed by atoms with van der Waals surface area (Å²) in [6.45, 7) is 5.55. The number of aromatic nitrogens is 1. The van der Waals surface area contributed by atoms with Gasteiger partial charge in [-0.2, -0.15) is 11.8 Å². The molecule has 1 aromatic heterocycles. The molecular formula is C18H21N3O3S. The van der Waals surface area contributed by atoms with Crippen molar-refractivity contribution in [3.05, 3.63) is 41.8 Å². The SMILES string of the molecule is CCSCc1cc(C(=O)N2c3ccccc3N(C)C(=O)C2(C)C)no1. The minimum atomic E-state index is -1.02. The van der Waals surface area contributed by atoms with E-state index in [1.54, 1.807) is 43.6 Å². The number of carbonyl (C=O) groups excluding carboxylic acids is 2. The smallest absolute Gasteiger partial charge is 0.281 e. The average Bonchev–Trinajstić information content (AvgIpc) is 3.07. The lowest BCUT2D eigenvalue weighted by Gasteiger charge is -2.45. The maximum Gasteiger partial charge on any atom is 0.281 e. The third-order valence-electron chi connectivity index (χ3n) is 4.30. The van der Waals surface area contributed by atoms with Crippen molar-refractivity contribution in [2.45, 2.75) is 32.1 Å². The van der Waals surface area contributed by atoms with E-state index in [0.717, 1.165) is 5.75 Å². The van der Waals surface area contributed by atoms with Crippen molar-refractivity contribution in [2.24, 2.45) is 0 Å². The first-order chi connectivity index (χ1) is 11.9. The molecule has 3 rings (SSSR count). The number of carbonyl (C=O) groups is 2. The predicted molar refractivity (Wildman–Crippen MR) is 99.1 cm³/mol. The summed E-state index contributed by atoms with van der Waals surface area (Å²) in [7, 11) is 1.72. The summed E-state index contributed by atoms with van der Waals surface area (Å²) in [5.74, 6) is 1.79. The number of nitrogens with zero attached hydrogens (tertiary/aromatic N) is 3. The molecule has 25 heavy (non-hydrogen) atoms. The van der Waals surface area contributed by atoms with Gasteiger partial charge in [-0.15, -0.1) is 0 Å². The van der Waals surface area contributed by atoms with Crippen LogP contribution in [0.15, 0.2) is 34.9 Å². The number of hydrogen-bond donors (Lipinski definition) is 0. The van der Waals surface area contributed by atoms with Crippen LogP contribution in [-0.2, 0) is 10.5 Å². The lowest BCUT2D eigenvalue weighted by atomic mass is 9.94. The standard InChI is InChI=1S/C18H21N3O3S/c1-5-25-11-12-10-13(19-24-12)16(22)21-15-9-7-6-8-14(15)20(4)17(23)18(21,2)3/h6-10H,5,11H2,1-4H3. The molecule has 2 aromatic rings. The van der Waals surface area contributed by atoms with Gasteiger partial charge in [-0.3, -0.25) is 14.5 Å². The van der Waals surface area contributed by atoms with Gasteiger partial charge < -0.3 is 9.42 Å². The van der Waals surface area contributed by atoms with Gasteiger partial charge in [-0.25, -0.2) is 0 Å². The molecule has 0 fully saturated rings. The fraction of sp³-hybridized carbons (Fsp3) is 0.389. The number of thioether (sulfide) groups is 1. The topological polar surface area (TPSA) is 66.7 Å². The third kappa shape index (κ3) is 2.93. The van der Waals surface area contributed by atoms with E-state index in [9.17, 15) is 9.59 Å². The fourth-order valence-electron chi connectivity index (χ4n) is 3.02. The van der Waals surface area contributed by atoms with Crippen molar-refractivity contribution in [2.75, 3.05) is 22.6 Å². The molecule has 0 saturated heterocycles. The van der Waals surface area contributed by atoms with Crippen LogP contribution in [0.2, 0.25) is 0 Å². The van der Waals surface area contributed by atoms with Crippen LogP contribution < -0.4 is 9.80 Å². The van der Waals surface area contributed by atoms with Gasteiger partial charge in [-0.1, -0.05) is 24.2 Å². The first-order valence-electron chi connectivity index (χ1n) is 8.13. The van der Waals surface area contributed by atoms with E-state index < -0.39 is 5.54 Å². The quantitative estimate of drug-likeness (QED) is 0.838. The monoisotopic (exact) mass is 359 g/mol. The van der Waals surface area contributed by atoms with Gasteiger partial charge in [0, 0.05) is 13.1 Å². The molecular weight excluding hydrogens is 338 g/mol. The summed E-state index contributed by atoms with van der Waals surface area (Å²) in [4.78, 5) is 29.0. The van der Waals surface area contributed by atoms with E-state index in [0.29, 0.717) is 22.9 Å². The van der Waals surface area contributed by atoms with Crippen molar-refractivity contribution in [1.29, 1.82) is 0 Å². The zero-order chi connectivity index (χ0) is 18.2. The second kappa shape index (κ2) is 6.55. The Balaban J connectivity index is 2.02. The molecule has 7 heteroatoms. The van der Waals surface area contributed by atoms with Gasteiger partial charge >= 0.3 is 0 Å². The van der Waals surface area contributed by atoms with Crippen LogP contribution in [0.1, 0.15) is 37.0 Å². The minimum absolute atomic E-state index is 0.148. The normalized spacial score (nSPS) is 16.1. The van der Waals surface area contributed by atoms with E-state index in [1.807, 2.05) is 24.3 Å². The van der Waals surface area contributed by atoms with Crippen LogP contribution in [0.4, 0.5) is 11.4 Å². The summed E-state index contributed by atoms with van der Waals surface area (Å²) in [5, 5.41) is 3.92. The molecule has 0 radical (unpaired) electrons. The van der Waals surface area contributed by atoms with Gasteiger partial charge in [0.15, 0.2) is 5.69 Å². The zero-order valence-electron chi connectivity index (χ0n) is 14.8. The van der Waals surface area contributed by atoms with E-state index in [-0.39, 0.29) is 17.5 Å². The van der Waals surface area contributed by atoms with Crippen molar-refractivity contribution >= 4 is 35.0 Å². The third-order valence-corrected chi connectivity index (χ3v) is 5.20. The molecule has 1 aromatic carbocycles. The van der Waals surface area contributed by atoms with E-state index in [4.69, 9.17) is 4.52 Å². The molecule has 0 N–H and O–H groups in total. The Hall–Kier alpha value is -2.28. The van der Waals surface area contributed by atoms with Crippen molar-refractivity contribution < 1.29 is 14.1 Å². The molecule has 1 aliphatic rings. The van der Waals surface area contributed by atoms with Crippen LogP contribution in [-0.4, -0.2) is 35.3 Å². The second-order valence-electron chi connectivity index (χ2n) is 6.37. The van der Waals surface area contributed by atoms with Gasteiger partial charge in [0.25, 0.3) is 11.8 Å². The molecule has 0 spiro atoms. The molecule has 132 valence electrons. The number of benzene rings is 1. The molecule has 0 bridgehead atoms. The summed E-state index contributed by atoms with van der Waals surface area (Å²) in [6, 6.07) is 9.03. The second-order valence-corrected chi connectivity index (χ2v) is 7.64. The first-order valence-corrected chi connectivity index (χ1v) is 9.28. The number of para-hydroxylation sites is 2. The highest BCUT2D eigenvalue weighted by molar-refractivity contribution is 7.98. The Morgan fingerprint density at radius 2 is 1.96 bits per heavy atom. The number of fused-ring (bicyclic) bond motifs is 1. The van der Waals surface area contributed by atoms with Gasteiger partial charge in [0.2, 0.25) is 0 Å². The van der Waals surface area contributed by atoms with Crippen molar-refractivity contribution in [3.63, 3.8) is 0 Å². The zero-order valence-corrected chi connectivity index (χ0v) is 15.6. The van der Waals surface area contributed by atoms with E-state index in [2.05, 4.69) is 12.1 Å². The molecule has 0 saturated carbocycles. The Bertz CT molecular complexity index is 815. The van der Waals surface area contributed by atoms with Crippen LogP contribution in [0.5, 0.6) is 0 Å². The molecule has 0 unspecified atom stereocenters. The fourth-order valence-corrected chi connectivity index (χ4v) is 3.56. The maximum atomic E-state index is 13.1. The van der Waals surface area contributed by atoms with Gasteiger partial charge in [0.1, 0.15) is 11.3 Å². The Morgan fingerprint density at radius 1 is 1.28 bits per heavy atom. The highest BCUT2D eigenvalue weighted by Crippen LogP contribution is 2.40. The molecule has 6 nitrogen and oxygen atoms in total. The summed E-state index contributed by atoms with van der Waals surface area (Å²) in [5.41, 5.74) is 0.585. The van der Waals surface area contributed by atoms with Crippen molar-refractivity contribution in [3.8, 4) is 0 Å². The first kappa shape index (κ1) is 17.5. The highest BCUT2D eigenvalue weighted by Gasteiger charge is 2.46. The van der Waals surface area contributed by atoms with Crippen LogP contribution in [0.25, 0.3) is 0 Å². The number of rotatable bonds is 4. The molecule has 0 atom stereocenters. The molecule has 2 heterocycles. The Labute approximate surface area is 151 Å². The maximum absolute atomic E-state index is 13.1.